The maximum Gasteiger partial charge on any atom is 0.160 e. The first-order chi connectivity index (χ1) is 25.2. The Morgan fingerprint density at radius 2 is 0.804 bits per heavy atom. The van der Waals surface area contributed by atoms with Crippen molar-refractivity contribution in [1.82, 2.24) is 19.9 Å². The van der Waals surface area contributed by atoms with Crippen molar-refractivity contribution in [3.8, 4) is 67.4 Å². The maximum atomic E-state index is 5.17. The average molecular weight is 653 g/mol. The SMILES string of the molecule is Cc1ccc2ccc3c(-c4ccc(-c5ccc(-c6nc(-c7ccccc7)cc(-c7ccccc7)n6)cc5)cc4)cc(-c4ccccc4)nc3c2n1. The highest BCUT2D eigenvalue weighted by atomic mass is 14.9. The Morgan fingerprint density at radius 3 is 1.35 bits per heavy atom. The van der Waals surface area contributed by atoms with Crippen LogP contribution in [0.1, 0.15) is 5.69 Å². The highest BCUT2D eigenvalue weighted by molar-refractivity contribution is 6.09. The van der Waals surface area contributed by atoms with Crippen LogP contribution in [0.15, 0.2) is 176 Å². The average Bonchev–Trinajstić information content (AvgIpc) is 3.21. The predicted octanol–water partition coefficient (Wildman–Crippen LogP) is 11.9. The first-order valence-corrected chi connectivity index (χ1v) is 17.1. The Bertz CT molecular complexity index is 2600. The van der Waals surface area contributed by atoms with Gasteiger partial charge in [-0.3, -0.25) is 4.98 Å². The standard InChI is InChI=1S/C47H32N4/c1-31-17-18-38-27-28-40-41(29-42(35-11-5-2-6-12-35)49-46(40)45(38)48-31)34-23-19-32(20-24-34)33-21-25-39(26-22-33)47-50-43(36-13-7-3-8-14-36)30-44(51-47)37-15-9-4-10-16-37/h2-30H,1H3. The summed E-state index contributed by atoms with van der Waals surface area (Å²) in [5.74, 6) is 0.702. The topological polar surface area (TPSA) is 51.6 Å². The quantitative estimate of drug-likeness (QED) is 0.168. The lowest BCUT2D eigenvalue weighted by atomic mass is 9.95. The van der Waals surface area contributed by atoms with Gasteiger partial charge >= 0.3 is 0 Å². The van der Waals surface area contributed by atoms with Crippen LogP contribution in [-0.2, 0) is 0 Å². The number of rotatable bonds is 6. The van der Waals surface area contributed by atoms with Gasteiger partial charge in [0.25, 0.3) is 0 Å². The first kappa shape index (κ1) is 30.3. The molecule has 0 aliphatic carbocycles. The number of benzene rings is 6. The number of pyridine rings is 2. The van der Waals surface area contributed by atoms with E-state index >= 15 is 0 Å². The van der Waals surface area contributed by atoms with Crippen molar-refractivity contribution in [3.05, 3.63) is 182 Å². The van der Waals surface area contributed by atoms with Gasteiger partial charge in [-0.05, 0) is 47.4 Å². The highest BCUT2D eigenvalue weighted by Gasteiger charge is 2.15. The fraction of sp³-hybridized carbons (Fsp3) is 0.0213. The van der Waals surface area contributed by atoms with Crippen molar-refractivity contribution in [2.75, 3.05) is 0 Å². The van der Waals surface area contributed by atoms with Gasteiger partial charge in [0.2, 0.25) is 0 Å². The zero-order valence-corrected chi connectivity index (χ0v) is 28.0. The molecular weight excluding hydrogens is 621 g/mol. The van der Waals surface area contributed by atoms with Crippen molar-refractivity contribution in [3.63, 3.8) is 0 Å². The van der Waals surface area contributed by atoms with Gasteiger partial charge in [0.05, 0.1) is 28.1 Å². The van der Waals surface area contributed by atoms with Crippen LogP contribution in [0.4, 0.5) is 0 Å². The van der Waals surface area contributed by atoms with Gasteiger partial charge in [0.1, 0.15) is 0 Å². The summed E-state index contributed by atoms with van der Waals surface area (Å²) in [7, 11) is 0. The number of hydrogen-bond donors (Lipinski definition) is 0. The van der Waals surface area contributed by atoms with Gasteiger partial charge in [-0.25, -0.2) is 15.0 Å². The number of aryl methyl sites for hydroxylation is 1. The smallest absolute Gasteiger partial charge is 0.160 e. The molecular formula is C47H32N4. The van der Waals surface area contributed by atoms with Crippen LogP contribution in [0.2, 0.25) is 0 Å². The number of aromatic nitrogens is 4. The Hall–Kier alpha value is -6.78. The fourth-order valence-corrected chi connectivity index (χ4v) is 6.71. The van der Waals surface area contributed by atoms with E-state index in [2.05, 4.69) is 133 Å². The molecule has 0 fully saturated rings. The third kappa shape index (κ3) is 5.94. The van der Waals surface area contributed by atoms with E-state index in [-0.39, 0.29) is 0 Å². The van der Waals surface area contributed by atoms with Gasteiger partial charge in [0.15, 0.2) is 5.82 Å². The normalized spacial score (nSPS) is 11.2. The molecule has 240 valence electrons. The summed E-state index contributed by atoms with van der Waals surface area (Å²) in [5.41, 5.74) is 14.3. The van der Waals surface area contributed by atoms with E-state index in [0.717, 1.165) is 89.1 Å². The van der Waals surface area contributed by atoms with E-state index in [1.165, 1.54) is 0 Å². The van der Waals surface area contributed by atoms with E-state index in [0.29, 0.717) is 5.82 Å². The summed E-state index contributed by atoms with van der Waals surface area (Å²) in [6.07, 6.45) is 0. The van der Waals surface area contributed by atoms with Crippen LogP contribution in [0.25, 0.3) is 89.2 Å². The molecule has 0 aliphatic heterocycles. The summed E-state index contributed by atoms with van der Waals surface area (Å²) < 4.78 is 0. The monoisotopic (exact) mass is 652 g/mol. The Balaban J connectivity index is 1.08. The van der Waals surface area contributed by atoms with Crippen molar-refractivity contribution in [2.24, 2.45) is 0 Å². The van der Waals surface area contributed by atoms with Crippen LogP contribution in [-0.4, -0.2) is 19.9 Å². The summed E-state index contributed by atoms with van der Waals surface area (Å²) in [5, 5.41) is 2.18. The van der Waals surface area contributed by atoms with Gasteiger partial charge < -0.3 is 0 Å². The molecule has 0 atom stereocenters. The maximum absolute atomic E-state index is 5.17. The Labute approximate surface area is 296 Å². The summed E-state index contributed by atoms with van der Waals surface area (Å²) in [4.78, 5) is 20.1. The van der Waals surface area contributed by atoms with Crippen LogP contribution < -0.4 is 0 Å². The molecule has 3 heterocycles. The van der Waals surface area contributed by atoms with Gasteiger partial charge in [0, 0.05) is 38.7 Å². The van der Waals surface area contributed by atoms with Crippen molar-refractivity contribution < 1.29 is 0 Å². The lowest BCUT2D eigenvalue weighted by molar-refractivity contribution is 1.18. The van der Waals surface area contributed by atoms with E-state index < -0.39 is 0 Å². The lowest BCUT2D eigenvalue weighted by Gasteiger charge is -2.13. The zero-order valence-electron chi connectivity index (χ0n) is 28.0. The second-order valence-electron chi connectivity index (χ2n) is 12.8. The number of fused-ring (bicyclic) bond motifs is 3. The van der Waals surface area contributed by atoms with Crippen molar-refractivity contribution >= 4 is 21.8 Å². The number of nitrogens with zero attached hydrogens (tertiary/aromatic N) is 4. The fourth-order valence-electron chi connectivity index (χ4n) is 6.71. The molecule has 0 radical (unpaired) electrons. The number of hydrogen-bond acceptors (Lipinski definition) is 4. The molecule has 9 aromatic rings. The van der Waals surface area contributed by atoms with Crippen LogP contribution >= 0.6 is 0 Å². The Kier molecular flexibility index (Phi) is 7.67. The minimum absolute atomic E-state index is 0.702. The molecule has 3 aromatic heterocycles. The highest BCUT2D eigenvalue weighted by Crippen LogP contribution is 2.36. The summed E-state index contributed by atoms with van der Waals surface area (Å²) in [6.45, 7) is 2.03. The molecule has 6 aromatic carbocycles. The van der Waals surface area contributed by atoms with E-state index in [9.17, 15) is 0 Å². The van der Waals surface area contributed by atoms with E-state index in [4.69, 9.17) is 19.9 Å². The van der Waals surface area contributed by atoms with Crippen LogP contribution in [0, 0.1) is 6.92 Å². The third-order valence-electron chi connectivity index (χ3n) is 9.39. The van der Waals surface area contributed by atoms with Crippen LogP contribution in [0.3, 0.4) is 0 Å². The summed E-state index contributed by atoms with van der Waals surface area (Å²) >= 11 is 0. The summed E-state index contributed by atoms with van der Waals surface area (Å²) in [6, 6.07) is 61.1. The predicted molar refractivity (Wildman–Crippen MR) is 210 cm³/mol. The molecule has 0 N–H and O–H groups in total. The molecule has 0 amide bonds. The minimum atomic E-state index is 0.702. The minimum Gasteiger partial charge on any atom is -0.251 e. The molecule has 0 saturated heterocycles. The third-order valence-corrected chi connectivity index (χ3v) is 9.39. The van der Waals surface area contributed by atoms with Crippen molar-refractivity contribution in [2.45, 2.75) is 6.92 Å². The first-order valence-electron chi connectivity index (χ1n) is 17.1. The van der Waals surface area contributed by atoms with E-state index in [1.807, 2.05) is 49.4 Å². The molecule has 4 heteroatoms. The molecule has 0 aliphatic rings. The van der Waals surface area contributed by atoms with Crippen LogP contribution in [0.5, 0.6) is 0 Å². The molecule has 0 unspecified atom stereocenters. The Morgan fingerprint density at radius 1 is 0.333 bits per heavy atom. The largest absolute Gasteiger partial charge is 0.251 e. The second kappa shape index (κ2) is 12.9. The van der Waals surface area contributed by atoms with Crippen molar-refractivity contribution in [1.29, 1.82) is 0 Å². The zero-order chi connectivity index (χ0) is 34.1. The molecule has 0 bridgehead atoms. The lowest BCUT2D eigenvalue weighted by Crippen LogP contribution is -1.96. The van der Waals surface area contributed by atoms with E-state index in [1.54, 1.807) is 0 Å². The van der Waals surface area contributed by atoms with Gasteiger partial charge in [-0.15, -0.1) is 0 Å². The van der Waals surface area contributed by atoms with Gasteiger partial charge in [-0.1, -0.05) is 158 Å². The molecule has 4 nitrogen and oxygen atoms in total. The molecule has 0 spiro atoms. The molecule has 51 heavy (non-hydrogen) atoms. The van der Waals surface area contributed by atoms with Gasteiger partial charge in [-0.2, -0.15) is 0 Å². The molecule has 9 rings (SSSR count). The molecule has 0 saturated carbocycles. The second-order valence-corrected chi connectivity index (χ2v) is 12.8.